The summed E-state index contributed by atoms with van der Waals surface area (Å²) in [6.07, 6.45) is 5.99. The lowest BCUT2D eigenvalue weighted by Crippen LogP contribution is -2.36. The molecule has 0 spiro atoms. The Morgan fingerprint density at radius 2 is 1.74 bits per heavy atom. The van der Waals surface area contributed by atoms with Crippen LogP contribution >= 0.6 is 0 Å². The fraction of sp³-hybridized carbons (Fsp3) is 0.370. The van der Waals surface area contributed by atoms with Crippen molar-refractivity contribution >= 4 is 21.9 Å². The van der Waals surface area contributed by atoms with Crippen molar-refractivity contribution in [3.8, 4) is 0 Å². The lowest BCUT2D eigenvalue weighted by atomic mass is 9.90. The Hall–Kier alpha value is -3.26. The normalized spacial score (nSPS) is 14.6. The number of anilines is 1. The van der Waals surface area contributed by atoms with E-state index in [1.807, 2.05) is 19.9 Å². The standard InChI is InChI=1S/C27H32N4O3S/c1-3-7-25-24(26(32)30-35(33,34)23-12-10-20(2)11-13-23)19-28-27(29-25)31-16-14-22(15-17-31)18-21-8-5-4-6-9-21/h4-6,8-13,19,22H,3,7,14-18H2,1-2H3,(H,30,32). The SMILES string of the molecule is CCCc1nc(N2CCC(Cc3ccccc3)CC2)ncc1C(=O)NS(=O)(=O)c1ccc(C)cc1. The molecule has 8 heteroatoms. The molecule has 0 bridgehead atoms. The molecule has 2 heterocycles. The molecular weight excluding hydrogens is 460 g/mol. The fourth-order valence-corrected chi connectivity index (χ4v) is 5.38. The molecule has 1 aromatic heterocycles. The van der Waals surface area contributed by atoms with Crippen LogP contribution in [0.3, 0.4) is 0 Å². The van der Waals surface area contributed by atoms with Crippen molar-refractivity contribution in [3.63, 3.8) is 0 Å². The Morgan fingerprint density at radius 1 is 1.06 bits per heavy atom. The summed E-state index contributed by atoms with van der Waals surface area (Å²) in [5, 5.41) is 0. The third-order valence-corrected chi connectivity index (χ3v) is 7.76. The van der Waals surface area contributed by atoms with Gasteiger partial charge in [0.25, 0.3) is 15.9 Å². The second-order valence-electron chi connectivity index (χ2n) is 9.15. The molecule has 2 aromatic carbocycles. The smallest absolute Gasteiger partial charge is 0.268 e. The molecule has 0 radical (unpaired) electrons. The third-order valence-electron chi connectivity index (χ3n) is 6.41. The fourth-order valence-electron chi connectivity index (χ4n) is 4.41. The largest absolute Gasteiger partial charge is 0.341 e. The van der Waals surface area contributed by atoms with E-state index in [1.54, 1.807) is 12.1 Å². The van der Waals surface area contributed by atoms with E-state index in [1.165, 1.54) is 23.9 Å². The molecule has 4 rings (SSSR count). The molecular formula is C27H32N4O3S. The number of rotatable bonds is 8. The number of aryl methyl sites for hydroxylation is 2. The van der Waals surface area contributed by atoms with E-state index in [9.17, 15) is 13.2 Å². The maximum Gasteiger partial charge on any atom is 0.268 e. The summed E-state index contributed by atoms with van der Waals surface area (Å²) >= 11 is 0. The molecule has 184 valence electrons. The van der Waals surface area contributed by atoms with Crippen LogP contribution in [-0.4, -0.2) is 37.4 Å². The molecule has 1 aliphatic heterocycles. The van der Waals surface area contributed by atoms with Gasteiger partial charge >= 0.3 is 0 Å². The van der Waals surface area contributed by atoms with Crippen LogP contribution in [0.25, 0.3) is 0 Å². The van der Waals surface area contributed by atoms with Crippen LogP contribution in [-0.2, 0) is 22.9 Å². The van der Waals surface area contributed by atoms with Gasteiger partial charge in [0.15, 0.2) is 0 Å². The molecule has 7 nitrogen and oxygen atoms in total. The number of sulfonamides is 1. The Morgan fingerprint density at radius 3 is 2.40 bits per heavy atom. The Kier molecular flexibility index (Phi) is 7.80. The lowest BCUT2D eigenvalue weighted by Gasteiger charge is -2.32. The van der Waals surface area contributed by atoms with Gasteiger partial charge in [0.2, 0.25) is 5.95 Å². The summed E-state index contributed by atoms with van der Waals surface area (Å²) in [6.45, 7) is 5.59. The molecule has 3 aromatic rings. The number of nitrogens with one attached hydrogen (secondary N) is 1. The molecule has 1 aliphatic rings. The van der Waals surface area contributed by atoms with E-state index < -0.39 is 15.9 Å². The van der Waals surface area contributed by atoms with Crippen LogP contribution in [0.5, 0.6) is 0 Å². The molecule has 1 amide bonds. The van der Waals surface area contributed by atoms with Gasteiger partial charge in [0.1, 0.15) is 0 Å². The highest BCUT2D eigenvalue weighted by molar-refractivity contribution is 7.90. The number of hydrogen-bond donors (Lipinski definition) is 1. The average molecular weight is 493 g/mol. The maximum absolute atomic E-state index is 12.9. The number of carbonyl (C=O) groups excluding carboxylic acids is 1. The van der Waals surface area contributed by atoms with Crippen LogP contribution in [0.15, 0.2) is 65.7 Å². The second kappa shape index (κ2) is 11.0. The van der Waals surface area contributed by atoms with Crippen molar-refractivity contribution in [2.24, 2.45) is 5.92 Å². The van der Waals surface area contributed by atoms with Gasteiger partial charge in [0.05, 0.1) is 16.2 Å². The summed E-state index contributed by atoms with van der Waals surface area (Å²) in [5.41, 5.74) is 3.07. The van der Waals surface area contributed by atoms with Crippen molar-refractivity contribution < 1.29 is 13.2 Å². The van der Waals surface area contributed by atoms with Crippen LogP contribution in [0.2, 0.25) is 0 Å². The zero-order valence-corrected chi connectivity index (χ0v) is 21.1. The van der Waals surface area contributed by atoms with Crippen LogP contribution in [0.1, 0.15) is 53.4 Å². The van der Waals surface area contributed by atoms with Gasteiger partial charge in [-0.1, -0.05) is 61.4 Å². The van der Waals surface area contributed by atoms with Crippen molar-refractivity contribution in [2.75, 3.05) is 18.0 Å². The predicted molar refractivity (Wildman–Crippen MR) is 137 cm³/mol. The number of hydrogen-bond acceptors (Lipinski definition) is 6. The van der Waals surface area contributed by atoms with Crippen LogP contribution in [0, 0.1) is 12.8 Å². The van der Waals surface area contributed by atoms with E-state index in [-0.39, 0.29) is 10.5 Å². The molecule has 35 heavy (non-hydrogen) atoms. The highest BCUT2D eigenvalue weighted by Gasteiger charge is 2.25. The van der Waals surface area contributed by atoms with Gasteiger partial charge < -0.3 is 4.90 Å². The molecule has 1 saturated heterocycles. The number of nitrogens with zero attached hydrogens (tertiary/aromatic N) is 3. The number of piperidine rings is 1. The molecule has 0 saturated carbocycles. The summed E-state index contributed by atoms with van der Waals surface area (Å²) in [5.74, 6) is 0.521. The van der Waals surface area contributed by atoms with Crippen molar-refractivity contribution in [3.05, 3.63) is 83.2 Å². The first-order valence-electron chi connectivity index (χ1n) is 12.1. The van der Waals surface area contributed by atoms with E-state index in [0.717, 1.165) is 44.3 Å². The molecule has 1 N–H and O–H groups in total. The Balaban J connectivity index is 1.45. The summed E-state index contributed by atoms with van der Waals surface area (Å²) in [7, 11) is -3.98. The van der Waals surface area contributed by atoms with Crippen molar-refractivity contribution in [2.45, 2.75) is 50.8 Å². The minimum atomic E-state index is -3.98. The van der Waals surface area contributed by atoms with E-state index >= 15 is 0 Å². The first kappa shape index (κ1) is 24.9. The summed E-state index contributed by atoms with van der Waals surface area (Å²) < 4.78 is 27.6. The van der Waals surface area contributed by atoms with Gasteiger partial charge in [-0.3, -0.25) is 4.79 Å². The molecule has 0 unspecified atom stereocenters. The Bertz CT molecular complexity index is 1250. The van der Waals surface area contributed by atoms with Crippen LogP contribution in [0.4, 0.5) is 5.95 Å². The third kappa shape index (κ3) is 6.25. The summed E-state index contributed by atoms with van der Waals surface area (Å²) in [6, 6.07) is 16.9. The minimum absolute atomic E-state index is 0.0457. The van der Waals surface area contributed by atoms with Gasteiger partial charge in [-0.05, 0) is 56.2 Å². The highest BCUT2D eigenvalue weighted by Crippen LogP contribution is 2.25. The van der Waals surface area contributed by atoms with Gasteiger partial charge in [-0.15, -0.1) is 0 Å². The van der Waals surface area contributed by atoms with Crippen LogP contribution < -0.4 is 9.62 Å². The monoisotopic (exact) mass is 492 g/mol. The quantitative estimate of drug-likeness (QED) is 0.504. The number of aromatic nitrogens is 2. The first-order valence-corrected chi connectivity index (χ1v) is 13.6. The number of amides is 1. The predicted octanol–water partition coefficient (Wildman–Crippen LogP) is 4.32. The average Bonchev–Trinajstić information content (AvgIpc) is 2.85. The van der Waals surface area contributed by atoms with Gasteiger partial charge in [-0.2, -0.15) is 0 Å². The van der Waals surface area contributed by atoms with Gasteiger partial charge in [-0.25, -0.2) is 23.1 Å². The molecule has 0 atom stereocenters. The zero-order chi connectivity index (χ0) is 24.8. The molecule has 0 aliphatic carbocycles. The number of benzene rings is 2. The molecule has 1 fully saturated rings. The van der Waals surface area contributed by atoms with E-state index in [0.29, 0.717) is 24.0 Å². The second-order valence-corrected chi connectivity index (χ2v) is 10.8. The first-order chi connectivity index (χ1) is 16.9. The summed E-state index contributed by atoms with van der Waals surface area (Å²) in [4.78, 5) is 24.3. The lowest BCUT2D eigenvalue weighted by molar-refractivity contribution is 0.0979. The minimum Gasteiger partial charge on any atom is -0.341 e. The van der Waals surface area contributed by atoms with E-state index in [2.05, 4.69) is 43.9 Å². The van der Waals surface area contributed by atoms with Gasteiger partial charge in [0, 0.05) is 19.3 Å². The number of carbonyl (C=O) groups is 1. The Labute approximate surface area is 207 Å². The van der Waals surface area contributed by atoms with Crippen molar-refractivity contribution in [1.29, 1.82) is 0 Å². The zero-order valence-electron chi connectivity index (χ0n) is 20.3. The highest BCUT2D eigenvalue weighted by atomic mass is 32.2. The maximum atomic E-state index is 12.9. The topological polar surface area (TPSA) is 92.3 Å². The van der Waals surface area contributed by atoms with E-state index in [4.69, 9.17) is 0 Å². The van der Waals surface area contributed by atoms with Crippen molar-refractivity contribution in [1.82, 2.24) is 14.7 Å².